The van der Waals surface area contributed by atoms with E-state index in [0.29, 0.717) is 18.8 Å². The van der Waals surface area contributed by atoms with Crippen molar-refractivity contribution in [1.29, 1.82) is 0 Å². The first-order valence-corrected chi connectivity index (χ1v) is 12.3. The van der Waals surface area contributed by atoms with Gasteiger partial charge in [0.1, 0.15) is 17.3 Å². The molecule has 1 saturated carbocycles. The lowest BCUT2D eigenvalue weighted by molar-refractivity contribution is 0.0355. The zero-order chi connectivity index (χ0) is 25.2. The van der Waals surface area contributed by atoms with Crippen molar-refractivity contribution < 1.29 is 18.7 Å². The van der Waals surface area contributed by atoms with Gasteiger partial charge in [-0.25, -0.2) is 13.8 Å². The highest BCUT2D eigenvalue weighted by atomic mass is 19.1. The van der Waals surface area contributed by atoms with Gasteiger partial charge in [0.05, 0.1) is 34.3 Å². The Bertz CT molecular complexity index is 1350. The summed E-state index contributed by atoms with van der Waals surface area (Å²) in [7, 11) is 0. The second-order valence-corrected chi connectivity index (χ2v) is 11.0. The van der Waals surface area contributed by atoms with Crippen LogP contribution in [0.5, 0.6) is 0 Å². The molecule has 186 valence electrons. The summed E-state index contributed by atoms with van der Waals surface area (Å²) < 4.78 is 29.1. The third kappa shape index (κ3) is 3.36. The monoisotopic (exact) mass is 491 g/mol. The Hall–Kier alpha value is -3.33. The van der Waals surface area contributed by atoms with Gasteiger partial charge in [0, 0.05) is 31.8 Å². The molecule has 3 aliphatic carbocycles. The molecule has 2 aromatic heterocycles. The molecule has 1 saturated heterocycles. The number of aromatic nitrogens is 4. The molecule has 7 rings (SSSR count). The number of carbonyl (C=O) groups excluding carboxylic acids is 1. The predicted molar refractivity (Wildman–Crippen MR) is 127 cm³/mol. The summed E-state index contributed by atoms with van der Waals surface area (Å²) in [5.41, 5.74) is 1.88. The van der Waals surface area contributed by atoms with Crippen molar-refractivity contribution in [3.8, 4) is 11.3 Å². The molecule has 7 nitrogen and oxygen atoms in total. The SMILES string of the molecule is CC1(C)C[C@]2(c3cncc(C(=O)N4CC(CO)C4)n3)CC[C@H]1c1cc(-c3c(F)cccc3F)nnc12. The number of aliphatic hydroxyl groups is 1. The van der Waals surface area contributed by atoms with Crippen LogP contribution in [0.1, 0.15) is 66.5 Å². The van der Waals surface area contributed by atoms with Crippen LogP contribution in [0.15, 0.2) is 36.7 Å². The quantitative estimate of drug-likeness (QED) is 0.596. The van der Waals surface area contributed by atoms with Crippen molar-refractivity contribution in [3.05, 3.63) is 70.9 Å². The Morgan fingerprint density at radius 3 is 2.61 bits per heavy atom. The number of halogens is 2. The number of nitrogens with zero attached hydrogens (tertiary/aromatic N) is 5. The molecule has 0 unspecified atom stereocenters. The number of rotatable bonds is 4. The lowest BCUT2D eigenvalue weighted by Crippen LogP contribution is -2.52. The number of carbonyl (C=O) groups is 1. The number of hydrogen-bond acceptors (Lipinski definition) is 6. The number of aliphatic hydroxyl groups excluding tert-OH is 1. The minimum absolute atomic E-state index is 0.0586. The fourth-order valence-electron chi connectivity index (χ4n) is 6.51. The smallest absolute Gasteiger partial charge is 0.274 e. The minimum atomic E-state index is -0.675. The van der Waals surface area contributed by atoms with Crippen LogP contribution in [0, 0.1) is 23.0 Å². The van der Waals surface area contributed by atoms with E-state index in [9.17, 15) is 18.7 Å². The van der Waals surface area contributed by atoms with Crippen molar-refractivity contribution in [1.82, 2.24) is 25.1 Å². The highest BCUT2D eigenvalue weighted by molar-refractivity contribution is 5.92. The Labute approximate surface area is 207 Å². The van der Waals surface area contributed by atoms with Crippen LogP contribution in [0.25, 0.3) is 11.3 Å². The summed E-state index contributed by atoms with van der Waals surface area (Å²) in [6.45, 7) is 5.45. The van der Waals surface area contributed by atoms with E-state index in [1.807, 2.05) is 0 Å². The van der Waals surface area contributed by atoms with Gasteiger partial charge in [-0.2, -0.15) is 5.10 Å². The normalized spacial score (nSPS) is 24.4. The highest BCUT2D eigenvalue weighted by Gasteiger charge is 2.56. The van der Waals surface area contributed by atoms with Gasteiger partial charge < -0.3 is 10.0 Å². The molecular formula is C27H27F2N5O2. The molecular weight excluding hydrogens is 464 g/mol. The molecule has 1 amide bonds. The lowest BCUT2D eigenvalue weighted by Gasteiger charge is -2.54. The molecule has 0 radical (unpaired) electrons. The van der Waals surface area contributed by atoms with Crippen LogP contribution in [-0.4, -0.2) is 55.8 Å². The lowest BCUT2D eigenvalue weighted by atomic mass is 9.49. The molecule has 36 heavy (non-hydrogen) atoms. The van der Waals surface area contributed by atoms with E-state index in [2.05, 4.69) is 29.0 Å². The van der Waals surface area contributed by atoms with E-state index < -0.39 is 17.0 Å². The summed E-state index contributed by atoms with van der Waals surface area (Å²) in [5, 5.41) is 18.1. The third-order valence-electron chi connectivity index (χ3n) is 8.28. The van der Waals surface area contributed by atoms with E-state index in [-0.39, 0.29) is 46.7 Å². The first-order valence-electron chi connectivity index (χ1n) is 12.3. The highest BCUT2D eigenvalue weighted by Crippen LogP contribution is 2.62. The van der Waals surface area contributed by atoms with Gasteiger partial charge in [-0.05, 0) is 54.4 Å². The summed E-state index contributed by atoms with van der Waals surface area (Å²) >= 11 is 0. The first kappa shape index (κ1) is 23.1. The van der Waals surface area contributed by atoms with E-state index >= 15 is 0 Å². The standard InChI is InChI=1S/C27H27F2N5O2/c1-26(2)14-27(22-10-30-9-21(31-22)25(36)34-11-15(12-34)13-35)7-6-17(26)16-8-20(32-33-24(16)27)23-18(28)4-3-5-19(23)29/h3-5,8-10,15,17,35H,6-7,11-14H2,1-2H3/t17-,27-/m0/s1. The molecule has 3 aromatic rings. The Balaban J connectivity index is 1.44. The van der Waals surface area contributed by atoms with Crippen molar-refractivity contribution in [2.45, 2.75) is 44.4 Å². The third-order valence-corrected chi connectivity index (χ3v) is 8.28. The van der Waals surface area contributed by atoms with Gasteiger partial charge in [0.25, 0.3) is 5.91 Å². The van der Waals surface area contributed by atoms with Crippen molar-refractivity contribution in [2.24, 2.45) is 11.3 Å². The van der Waals surface area contributed by atoms with Gasteiger partial charge in [-0.15, -0.1) is 5.10 Å². The van der Waals surface area contributed by atoms with E-state index in [1.165, 1.54) is 24.4 Å². The maximum Gasteiger partial charge on any atom is 0.274 e. The van der Waals surface area contributed by atoms with Crippen LogP contribution >= 0.6 is 0 Å². The summed E-state index contributed by atoms with van der Waals surface area (Å²) in [4.78, 5) is 23.8. The van der Waals surface area contributed by atoms with Crippen molar-refractivity contribution in [2.75, 3.05) is 19.7 Å². The van der Waals surface area contributed by atoms with Gasteiger partial charge in [0.2, 0.25) is 0 Å². The molecule has 2 atom stereocenters. The van der Waals surface area contributed by atoms with Gasteiger partial charge in [-0.3, -0.25) is 9.78 Å². The first-order chi connectivity index (χ1) is 17.2. The van der Waals surface area contributed by atoms with E-state index in [4.69, 9.17) is 4.98 Å². The summed E-state index contributed by atoms with van der Waals surface area (Å²) in [5.74, 6) is -1.29. The zero-order valence-electron chi connectivity index (χ0n) is 20.2. The summed E-state index contributed by atoms with van der Waals surface area (Å²) in [6.07, 6.45) is 5.56. The number of fused-ring (bicyclic) bond motifs is 2. The second-order valence-electron chi connectivity index (χ2n) is 11.0. The molecule has 1 aliphatic heterocycles. The van der Waals surface area contributed by atoms with Gasteiger partial charge in [-0.1, -0.05) is 19.9 Å². The Morgan fingerprint density at radius 1 is 1.17 bits per heavy atom. The fourth-order valence-corrected chi connectivity index (χ4v) is 6.51. The fraction of sp³-hybridized carbons (Fsp3) is 0.444. The Kier molecular flexibility index (Phi) is 5.19. The zero-order valence-corrected chi connectivity index (χ0v) is 20.2. The maximum absolute atomic E-state index is 14.5. The van der Waals surface area contributed by atoms with Crippen molar-refractivity contribution in [3.63, 3.8) is 0 Å². The number of amides is 1. The van der Waals surface area contributed by atoms with E-state index in [1.54, 1.807) is 17.2 Å². The van der Waals surface area contributed by atoms with Crippen LogP contribution in [0.3, 0.4) is 0 Å². The molecule has 2 fully saturated rings. The van der Waals surface area contributed by atoms with Gasteiger partial charge >= 0.3 is 0 Å². The predicted octanol–water partition coefficient (Wildman–Crippen LogP) is 3.87. The van der Waals surface area contributed by atoms with Crippen LogP contribution in [0.2, 0.25) is 0 Å². The van der Waals surface area contributed by atoms with Crippen LogP contribution in [-0.2, 0) is 5.41 Å². The largest absolute Gasteiger partial charge is 0.396 e. The maximum atomic E-state index is 14.5. The molecule has 1 aromatic carbocycles. The average Bonchev–Trinajstić information content (AvgIpc) is 2.83. The number of benzene rings is 1. The molecule has 3 heterocycles. The van der Waals surface area contributed by atoms with E-state index in [0.717, 1.165) is 30.5 Å². The van der Waals surface area contributed by atoms with Crippen LogP contribution in [0.4, 0.5) is 8.78 Å². The molecule has 1 N–H and O–H groups in total. The summed E-state index contributed by atoms with van der Waals surface area (Å²) in [6, 6.07) is 5.55. The molecule has 0 spiro atoms. The van der Waals surface area contributed by atoms with Crippen LogP contribution < -0.4 is 0 Å². The molecule has 9 heteroatoms. The average molecular weight is 492 g/mol. The molecule has 4 aliphatic rings. The Morgan fingerprint density at radius 2 is 1.92 bits per heavy atom. The molecule has 2 bridgehead atoms. The second kappa shape index (κ2) is 8.09. The number of likely N-dealkylation sites (tertiary alicyclic amines) is 1. The minimum Gasteiger partial charge on any atom is -0.396 e. The number of hydrogen-bond donors (Lipinski definition) is 1. The van der Waals surface area contributed by atoms with Gasteiger partial charge in [0.15, 0.2) is 0 Å². The topological polar surface area (TPSA) is 92.1 Å². The van der Waals surface area contributed by atoms with Crippen molar-refractivity contribution >= 4 is 5.91 Å².